The standard InChI is InChI=1S/C16H27BrN2O/c1-6-18-13(4)15-9-8-14(17)10-16(15)19(7-2)12(3)11-20-5/h8-10,12-13,18H,6-7,11H2,1-5H3. The molecule has 0 heterocycles. The van der Waals surface area contributed by atoms with E-state index in [0.717, 1.165) is 24.2 Å². The van der Waals surface area contributed by atoms with E-state index in [1.165, 1.54) is 11.3 Å². The van der Waals surface area contributed by atoms with Crippen molar-refractivity contribution in [3.05, 3.63) is 28.2 Å². The first kappa shape index (κ1) is 17.5. The van der Waals surface area contributed by atoms with Crippen LogP contribution in [0.4, 0.5) is 5.69 Å². The number of nitrogens with zero attached hydrogens (tertiary/aromatic N) is 1. The van der Waals surface area contributed by atoms with Crippen LogP contribution in [0.1, 0.15) is 39.3 Å². The van der Waals surface area contributed by atoms with Crippen LogP contribution in [0, 0.1) is 0 Å². The molecular formula is C16H27BrN2O. The quantitative estimate of drug-likeness (QED) is 0.773. The van der Waals surface area contributed by atoms with Crippen LogP contribution in [0.2, 0.25) is 0 Å². The van der Waals surface area contributed by atoms with E-state index < -0.39 is 0 Å². The first-order chi connectivity index (χ1) is 9.54. The minimum atomic E-state index is 0.340. The lowest BCUT2D eigenvalue weighted by Crippen LogP contribution is -2.37. The van der Waals surface area contributed by atoms with Gasteiger partial charge in [0, 0.05) is 35.9 Å². The topological polar surface area (TPSA) is 24.5 Å². The predicted octanol–water partition coefficient (Wildman–Crippen LogP) is 3.98. The molecule has 0 radical (unpaired) electrons. The highest BCUT2D eigenvalue weighted by Crippen LogP contribution is 2.31. The summed E-state index contributed by atoms with van der Waals surface area (Å²) in [4.78, 5) is 2.40. The van der Waals surface area contributed by atoms with Crippen molar-refractivity contribution in [2.45, 2.75) is 39.8 Å². The summed E-state index contributed by atoms with van der Waals surface area (Å²) < 4.78 is 6.43. The molecule has 0 aliphatic carbocycles. The third kappa shape index (κ3) is 4.47. The molecule has 0 amide bonds. The van der Waals surface area contributed by atoms with Gasteiger partial charge in [-0.1, -0.05) is 28.9 Å². The molecule has 1 aromatic rings. The molecule has 0 bridgehead atoms. The fourth-order valence-corrected chi connectivity index (χ4v) is 2.95. The van der Waals surface area contributed by atoms with Gasteiger partial charge < -0.3 is 15.0 Å². The van der Waals surface area contributed by atoms with Gasteiger partial charge in [-0.15, -0.1) is 0 Å². The van der Waals surface area contributed by atoms with Crippen LogP contribution < -0.4 is 10.2 Å². The number of ether oxygens (including phenoxy) is 1. The van der Waals surface area contributed by atoms with Crippen LogP contribution in [0.3, 0.4) is 0 Å². The zero-order valence-corrected chi connectivity index (χ0v) is 14.8. The van der Waals surface area contributed by atoms with E-state index in [9.17, 15) is 0 Å². The minimum absolute atomic E-state index is 0.340. The van der Waals surface area contributed by atoms with Crippen molar-refractivity contribution in [2.75, 3.05) is 31.7 Å². The van der Waals surface area contributed by atoms with Gasteiger partial charge in [0.2, 0.25) is 0 Å². The van der Waals surface area contributed by atoms with Crippen LogP contribution >= 0.6 is 15.9 Å². The zero-order valence-electron chi connectivity index (χ0n) is 13.2. The molecule has 1 N–H and O–H groups in total. The summed E-state index contributed by atoms with van der Waals surface area (Å²) in [5.74, 6) is 0. The highest BCUT2D eigenvalue weighted by atomic mass is 79.9. The molecule has 3 nitrogen and oxygen atoms in total. The number of hydrogen-bond acceptors (Lipinski definition) is 3. The van der Waals surface area contributed by atoms with E-state index in [2.05, 4.69) is 72.0 Å². The van der Waals surface area contributed by atoms with Gasteiger partial charge in [0.1, 0.15) is 0 Å². The molecule has 1 aromatic carbocycles. The van der Waals surface area contributed by atoms with E-state index in [-0.39, 0.29) is 0 Å². The number of rotatable bonds is 8. The molecule has 1 rings (SSSR count). The second-order valence-electron chi connectivity index (χ2n) is 5.07. The van der Waals surface area contributed by atoms with Gasteiger partial charge in [-0.25, -0.2) is 0 Å². The molecule has 2 atom stereocenters. The summed E-state index contributed by atoms with van der Waals surface area (Å²) in [6, 6.07) is 7.22. The highest BCUT2D eigenvalue weighted by Gasteiger charge is 2.19. The highest BCUT2D eigenvalue weighted by molar-refractivity contribution is 9.10. The Morgan fingerprint density at radius 1 is 1.30 bits per heavy atom. The van der Waals surface area contributed by atoms with Crippen molar-refractivity contribution in [1.29, 1.82) is 0 Å². The van der Waals surface area contributed by atoms with Crippen molar-refractivity contribution >= 4 is 21.6 Å². The Balaban J connectivity index is 3.14. The molecule has 0 aliphatic rings. The maximum Gasteiger partial charge on any atom is 0.0663 e. The van der Waals surface area contributed by atoms with Gasteiger partial charge in [-0.3, -0.25) is 0 Å². The molecule has 20 heavy (non-hydrogen) atoms. The molecular weight excluding hydrogens is 316 g/mol. The Kier molecular flexibility index (Phi) is 7.56. The SMILES string of the molecule is CCNC(C)c1ccc(Br)cc1N(CC)C(C)COC. The number of hydrogen-bond donors (Lipinski definition) is 1. The van der Waals surface area contributed by atoms with Crippen molar-refractivity contribution < 1.29 is 4.74 Å². The number of methoxy groups -OCH3 is 1. The van der Waals surface area contributed by atoms with Crippen LogP contribution in [0.25, 0.3) is 0 Å². The maximum atomic E-state index is 5.32. The first-order valence-electron chi connectivity index (χ1n) is 7.33. The second kappa shape index (κ2) is 8.65. The number of anilines is 1. The van der Waals surface area contributed by atoms with Crippen LogP contribution in [0.15, 0.2) is 22.7 Å². The number of halogens is 1. The van der Waals surface area contributed by atoms with E-state index >= 15 is 0 Å². The van der Waals surface area contributed by atoms with Crippen LogP contribution in [-0.2, 0) is 4.74 Å². The lowest BCUT2D eigenvalue weighted by molar-refractivity contribution is 0.182. The van der Waals surface area contributed by atoms with Gasteiger partial charge in [-0.05, 0) is 45.0 Å². The normalized spacial score (nSPS) is 14.1. The van der Waals surface area contributed by atoms with E-state index in [1.54, 1.807) is 7.11 Å². The van der Waals surface area contributed by atoms with Gasteiger partial charge in [0.05, 0.1) is 6.61 Å². The largest absolute Gasteiger partial charge is 0.383 e. The summed E-state index contributed by atoms with van der Waals surface area (Å²) in [6.07, 6.45) is 0. The lowest BCUT2D eigenvalue weighted by Gasteiger charge is -2.33. The average Bonchev–Trinajstić information content (AvgIpc) is 2.40. The average molecular weight is 343 g/mol. The number of nitrogens with one attached hydrogen (secondary N) is 1. The fourth-order valence-electron chi connectivity index (χ4n) is 2.60. The summed E-state index contributed by atoms with van der Waals surface area (Å²) in [7, 11) is 1.76. The van der Waals surface area contributed by atoms with Crippen molar-refractivity contribution in [1.82, 2.24) is 5.32 Å². The number of benzene rings is 1. The molecule has 0 aliphatic heterocycles. The predicted molar refractivity (Wildman–Crippen MR) is 90.6 cm³/mol. The fraction of sp³-hybridized carbons (Fsp3) is 0.625. The monoisotopic (exact) mass is 342 g/mol. The van der Waals surface area contributed by atoms with E-state index in [0.29, 0.717) is 12.1 Å². The molecule has 2 unspecified atom stereocenters. The molecule has 0 fully saturated rings. The Labute approximate surface area is 131 Å². The van der Waals surface area contributed by atoms with Crippen LogP contribution in [-0.4, -0.2) is 32.8 Å². The van der Waals surface area contributed by atoms with Gasteiger partial charge in [0.15, 0.2) is 0 Å². The molecule has 4 heteroatoms. The van der Waals surface area contributed by atoms with Gasteiger partial charge >= 0.3 is 0 Å². The molecule has 0 saturated carbocycles. The first-order valence-corrected chi connectivity index (χ1v) is 8.12. The molecule has 114 valence electrons. The maximum absolute atomic E-state index is 5.32. The van der Waals surface area contributed by atoms with Crippen molar-refractivity contribution in [3.63, 3.8) is 0 Å². The summed E-state index contributed by atoms with van der Waals surface area (Å²) in [5.41, 5.74) is 2.61. The Morgan fingerprint density at radius 2 is 2.00 bits per heavy atom. The van der Waals surface area contributed by atoms with Crippen LogP contribution in [0.5, 0.6) is 0 Å². The molecule has 0 spiro atoms. The molecule has 0 saturated heterocycles. The van der Waals surface area contributed by atoms with E-state index in [4.69, 9.17) is 4.74 Å². The Bertz CT molecular complexity index is 411. The smallest absolute Gasteiger partial charge is 0.0663 e. The van der Waals surface area contributed by atoms with Gasteiger partial charge in [-0.2, -0.15) is 0 Å². The molecule has 0 aromatic heterocycles. The summed E-state index contributed by atoms with van der Waals surface area (Å²) in [6.45, 7) is 11.4. The Hall–Kier alpha value is -0.580. The third-order valence-electron chi connectivity index (χ3n) is 3.56. The van der Waals surface area contributed by atoms with Crippen molar-refractivity contribution in [2.24, 2.45) is 0 Å². The van der Waals surface area contributed by atoms with E-state index in [1.807, 2.05) is 0 Å². The van der Waals surface area contributed by atoms with Gasteiger partial charge in [0.25, 0.3) is 0 Å². The third-order valence-corrected chi connectivity index (χ3v) is 4.05. The summed E-state index contributed by atoms with van der Waals surface area (Å²) in [5, 5.41) is 3.50. The lowest BCUT2D eigenvalue weighted by atomic mass is 10.0. The van der Waals surface area contributed by atoms with Crippen molar-refractivity contribution in [3.8, 4) is 0 Å². The summed E-state index contributed by atoms with van der Waals surface area (Å²) >= 11 is 3.59. The zero-order chi connectivity index (χ0) is 15.1. The Morgan fingerprint density at radius 3 is 2.55 bits per heavy atom. The second-order valence-corrected chi connectivity index (χ2v) is 5.99. The minimum Gasteiger partial charge on any atom is -0.383 e. The number of likely N-dealkylation sites (N-methyl/N-ethyl adjacent to an activating group) is 1.